The van der Waals surface area contributed by atoms with E-state index in [0.29, 0.717) is 12.5 Å². The monoisotopic (exact) mass is 378 g/mol. The molecule has 118 valence electrons. The third-order valence-electron chi connectivity index (χ3n) is 3.84. The van der Waals surface area contributed by atoms with Gasteiger partial charge in [0.15, 0.2) is 0 Å². The number of fused-ring (bicyclic) bond motifs is 1. The maximum Gasteiger partial charge on any atom is 0.224 e. The minimum atomic E-state index is 0.619. The highest BCUT2D eigenvalue weighted by Crippen LogP contribution is 2.23. The van der Waals surface area contributed by atoms with Crippen molar-refractivity contribution in [2.24, 2.45) is 0 Å². The van der Waals surface area contributed by atoms with Gasteiger partial charge in [0.25, 0.3) is 0 Å². The average Bonchev–Trinajstić information content (AvgIpc) is 3.04. The zero-order chi connectivity index (χ0) is 16.4. The Morgan fingerprint density at radius 2 is 1.88 bits per heavy atom. The van der Waals surface area contributed by atoms with Crippen LogP contribution in [0, 0.1) is 0 Å². The van der Waals surface area contributed by atoms with Gasteiger partial charge in [0, 0.05) is 28.8 Å². The molecule has 0 saturated heterocycles. The van der Waals surface area contributed by atoms with Gasteiger partial charge in [0.1, 0.15) is 5.82 Å². The Kier molecular flexibility index (Phi) is 4.01. The van der Waals surface area contributed by atoms with Crippen LogP contribution in [0.5, 0.6) is 0 Å². The Labute approximate surface area is 148 Å². The van der Waals surface area contributed by atoms with Gasteiger partial charge in [-0.05, 0) is 29.8 Å². The number of aromatic nitrogens is 3. The largest absolute Gasteiger partial charge is 0.350 e. The van der Waals surface area contributed by atoms with E-state index in [2.05, 4.69) is 66.1 Å². The molecule has 2 aromatic carbocycles. The van der Waals surface area contributed by atoms with E-state index >= 15 is 0 Å². The van der Waals surface area contributed by atoms with Crippen LogP contribution in [-0.2, 0) is 6.54 Å². The summed E-state index contributed by atoms with van der Waals surface area (Å²) in [6.45, 7) is 0.697. The van der Waals surface area contributed by atoms with Gasteiger partial charge in [-0.15, -0.1) is 0 Å². The second-order valence-electron chi connectivity index (χ2n) is 5.47. The lowest BCUT2D eigenvalue weighted by Gasteiger charge is -2.08. The van der Waals surface area contributed by atoms with Gasteiger partial charge >= 0.3 is 0 Å². The van der Waals surface area contributed by atoms with Gasteiger partial charge in [-0.1, -0.05) is 52.3 Å². The zero-order valence-electron chi connectivity index (χ0n) is 12.9. The van der Waals surface area contributed by atoms with Crippen LogP contribution in [0.3, 0.4) is 0 Å². The van der Waals surface area contributed by atoms with Crippen molar-refractivity contribution in [3.8, 4) is 5.82 Å². The number of anilines is 1. The van der Waals surface area contributed by atoms with Crippen LogP contribution in [0.2, 0.25) is 0 Å². The minimum Gasteiger partial charge on any atom is -0.350 e. The molecule has 1 N–H and O–H groups in total. The fraction of sp³-hybridized carbons (Fsp3) is 0.0526. The van der Waals surface area contributed by atoms with Crippen LogP contribution in [0.15, 0.2) is 77.5 Å². The maximum atomic E-state index is 4.64. The molecular formula is C19H15BrN4. The SMILES string of the molecule is Brc1ccc2ccn(-c3ccnc(NCc4ccccc4)n3)c2c1. The first-order valence-corrected chi connectivity index (χ1v) is 8.47. The summed E-state index contributed by atoms with van der Waals surface area (Å²) in [5, 5.41) is 4.45. The van der Waals surface area contributed by atoms with Crippen molar-refractivity contribution in [3.05, 3.63) is 83.1 Å². The van der Waals surface area contributed by atoms with Gasteiger partial charge in [-0.25, -0.2) is 4.98 Å². The Balaban J connectivity index is 1.63. The van der Waals surface area contributed by atoms with Crippen molar-refractivity contribution in [2.45, 2.75) is 6.54 Å². The number of hydrogen-bond acceptors (Lipinski definition) is 3. The molecule has 2 heterocycles. The van der Waals surface area contributed by atoms with Gasteiger partial charge in [0.2, 0.25) is 5.95 Å². The molecule has 24 heavy (non-hydrogen) atoms. The van der Waals surface area contributed by atoms with Crippen LogP contribution < -0.4 is 5.32 Å². The molecule has 0 saturated carbocycles. The highest BCUT2D eigenvalue weighted by molar-refractivity contribution is 9.10. The molecule has 0 bridgehead atoms. The number of nitrogens with zero attached hydrogens (tertiary/aromatic N) is 3. The molecule has 4 aromatic rings. The van der Waals surface area contributed by atoms with Crippen molar-refractivity contribution in [1.29, 1.82) is 0 Å². The van der Waals surface area contributed by atoms with Crippen molar-refractivity contribution < 1.29 is 0 Å². The smallest absolute Gasteiger partial charge is 0.224 e. The van der Waals surface area contributed by atoms with Crippen LogP contribution in [-0.4, -0.2) is 14.5 Å². The van der Waals surface area contributed by atoms with Gasteiger partial charge < -0.3 is 9.88 Å². The van der Waals surface area contributed by atoms with Gasteiger partial charge in [-0.3, -0.25) is 0 Å². The molecule has 4 nitrogen and oxygen atoms in total. The summed E-state index contributed by atoms with van der Waals surface area (Å²) in [6, 6.07) is 20.4. The van der Waals surface area contributed by atoms with Crippen molar-refractivity contribution in [2.75, 3.05) is 5.32 Å². The molecular weight excluding hydrogens is 364 g/mol. The minimum absolute atomic E-state index is 0.619. The Bertz CT molecular complexity index is 979. The first-order chi connectivity index (χ1) is 11.8. The number of halogens is 1. The van der Waals surface area contributed by atoms with E-state index in [0.717, 1.165) is 15.8 Å². The predicted molar refractivity (Wildman–Crippen MR) is 100 cm³/mol. The van der Waals surface area contributed by atoms with Crippen LogP contribution in [0.4, 0.5) is 5.95 Å². The summed E-state index contributed by atoms with van der Waals surface area (Å²) in [5.41, 5.74) is 2.30. The van der Waals surface area contributed by atoms with Crippen molar-refractivity contribution in [1.82, 2.24) is 14.5 Å². The summed E-state index contributed by atoms with van der Waals surface area (Å²) in [4.78, 5) is 8.95. The van der Waals surface area contributed by atoms with E-state index in [1.54, 1.807) is 6.20 Å². The lowest BCUT2D eigenvalue weighted by molar-refractivity contribution is 0.986. The highest BCUT2D eigenvalue weighted by Gasteiger charge is 2.06. The lowest BCUT2D eigenvalue weighted by Crippen LogP contribution is -2.05. The number of hydrogen-bond donors (Lipinski definition) is 1. The Hall–Kier alpha value is -2.66. The van der Waals surface area contributed by atoms with Crippen molar-refractivity contribution in [3.63, 3.8) is 0 Å². The third-order valence-corrected chi connectivity index (χ3v) is 4.33. The van der Waals surface area contributed by atoms with Crippen molar-refractivity contribution >= 4 is 32.8 Å². The Morgan fingerprint density at radius 3 is 2.75 bits per heavy atom. The van der Waals surface area contributed by atoms with Crippen LogP contribution >= 0.6 is 15.9 Å². The first kappa shape index (κ1) is 14.9. The molecule has 0 amide bonds. The summed E-state index contributed by atoms with van der Waals surface area (Å²) < 4.78 is 3.11. The molecule has 4 rings (SSSR count). The molecule has 0 unspecified atom stereocenters. The molecule has 0 atom stereocenters. The topological polar surface area (TPSA) is 42.7 Å². The molecule has 2 aromatic heterocycles. The van der Waals surface area contributed by atoms with Gasteiger partial charge in [-0.2, -0.15) is 4.98 Å². The lowest BCUT2D eigenvalue weighted by atomic mass is 10.2. The maximum absolute atomic E-state index is 4.64. The molecule has 0 aliphatic rings. The van der Waals surface area contributed by atoms with E-state index in [4.69, 9.17) is 0 Å². The zero-order valence-corrected chi connectivity index (χ0v) is 14.4. The number of benzene rings is 2. The van der Waals surface area contributed by atoms with E-state index in [1.807, 2.05) is 36.5 Å². The second-order valence-corrected chi connectivity index (χ2v) is 6.38. The highest BCUT2D eigenvalue weighted by atomic mass is 79.9. The fourth-order valence-electron chi connectivity index (χ4n) is 2.65. The second kappa shape index (κ2) is 6.45. The van der Waals surface area contributed by atoms with Crippen LogP contribution in [0.1, 0.15) is 5.56 Å². The number of nitrogens with one attached hydrogen (secondary N) is 1. The van der Waals surface area contributed by atoms with Crippen LogP contribution in [0.25, 0.3) is 16.7 Å². The average molecular weight is 379 g/mol. The summed E-state index contributed by atoms with van der Waals surface area (Å²) in [5.74, 6) is 1.46. The molecule has 0 fully saturated rings. The quantitative estimate of drug-likeness (QED) is 0.554. The Morgan fingerprint density at radius 1 is 1.00 bits per heavy atom. The molecule has 0 aliphatic carbocycles. The molecule has 5 heteroatoms. The van der Waals surface area contributed by atoms with E-state index in [-0.39, 0.29) is 0 Å². The van der Waals surface area contributed by atoms with E-state index < -0.39 is 0 Å². The molecule has 0 aliphatic heterocycles. The third kappa shape index (κ3) is 3.03. The molecule has 0 spiro atoms. The molecule has 0 radical (unpaired) electrons. The summed E-state index contributed by atoms with van der Waals surface area (Å²) >= 11 is 3.53. The predicted octanol–water partition coefficient (Wildman–Crippen LogP) is 4.80. The standard InChI is InChI=1S/C19H15BrN4/c20-16-7-6-15-9-11-24(17(15)12-16)18-8-10-21-19(23-18)22-13-14-4-2-1-3-5-14/h1-12H,13H2,(H,21,22,23). The fourth-order valence-corrected chi connectivity index (χ4v) is 3.00. The van der Waals surface area contributed by atoms with E-state index in [9.17, 15) is 0 Å². The van der Waals surface area contributed by atoms with E-state index in [1.165, 1.54) is 10.9 Å². The normalized spacial score (nSPS) is 10.9. The summed E-state index contributed by atoms with van der Waals surface area (Å²) in [6.07, 6.45) is 3.81. The summed E-state index contributed by atoms with van der Waals surface area (Å²) in [7, 11) is 0. The first-order valence-electron chi connectivity index (χ1n) is 7.67. The number of rotatable bonds is 4. The van der Waals surface area contributed by atoms with Gasteiger partial charge in [0.05, 0.1) is 5.52 Å².